The van der Waals surface area contributed by atoms with Crippen LogP contribution in [-0.4, -0.2) is 41.0 Å². The average molecular weight is 452 g/mol. The lowest BCUT2D eigenvalue weighted by Crippen LogP contribution is -2.36. The van der Waals surface area contributed by atoms with Gasteiger partial charge in [-0.25, -0.2) is 4.98 Å². The number of pyridine rings is 1. The molecule has 0 aliphatic carbocycles. The topological polar surface area (TPSA) is 62.3 Å². The Labute approximate surface area is 173 Å². The second kappa shape index (κ2) is 9.49. The Hall–Kier alpha value is -1.97. The molecule has 28 heavy (non-hydrogen) atoms. The summed E-state index contributed by atoms with van der Waals surface area (Å²) in [5, 5.41) is 3.33. The molecule has 1 heterocycles. The summed E-state index contributed by atoms with van der Waals surface area (Å²) in [7, 11) is 1.43. The van der Waals surface area contributed by atoms with Crippen LogP contribution >= 0.6 is 35.0 Å². The highest BCUT2D eigenvalue weighted by molar-refractivity contribution is 7.99. The number of carbonyl (C=O) groups is 2. The Bertz CT molecular complexity index is 843. The van der Waals surface area contributed by atoms with Crippen LogP contribution in [0.15, 0.2) is 41.6 Å². The van der Waals surface area contributed by atoms with Crippen molar-refractivity contribution in [3.63, 3.8) is 0 Å². The highest BCUT2D eigenvalue weighted by Gasteiger charge is 2.30. The van der Waals surface area contributed by atoms with E-state index in [2.05, 4.69) is 10.3 Å². The van der Waals surface area contributed by atoms with Gasteiger partial charge in [0, 0.05) is 13.2 Å². The number of likely N-dealkylation sites (N-methyl/N-ethyl adjacent to an activating group) is 1. The molecule has 1 aromatic carbocycles. The number of thioether (sulfide) groups is 1. The fourth-order valence-corrected chi connectivity index (χ4v) is 3.25. The number of anilines is 1. The van der Waals surface area contributed by atoms with Crippen LogP contribution in [0.4, 0.5) is 18.9 Å². The van der Waals surface area contributed by atoms with E-state index in [0.717, 1.165) is 17.8 Å². The third-order valence-corrected chi connectivity index (χ3v) is 5.00. The number of rotatable bonds is 6. The average Bonchev–Trinajstić information content (AvgIpc) is 2.62. The van der Waals surface area contributed by atoms with Crippen LogP contribution in [0, 0.1) is 0 Å². The number of halogens is 5. The maximum Gasteiger partial charge on any atom is 0.417 e. The van der Waals surface area contributed by atoms with Gasteiger partial charge in [-0.1, -0.05) is 41.0 Å². The molecule has 1 N–H and O–H groups in total. The summed E-state index contributed by atoms with van der Waals surface area (Å²) in [6, 6.07) is 6.83. The number of hydrogen-bond acceptors (Lipinski definition) is 4. The highest BCUT2D eigenvalue weighted by atomic mass is 35.5. The van der Waals surface area contributed by atoms with Crippen molar-refractivity contribution in [2.75, 3.05) is 24.7 Å². The third kappa shape index (κ3) is 6.29. The van der Waals surface area contributed by atoms with E-state index in [9.17, 15) is 22.8 Å². The number of carbonyl (C=O) groups excluding carboxylic acids is 2. The largest absolute Gasteiger partial charge is 0.417 e. The smallest absolute Gasteiger partial charge is 0.336 e. The van der Waals surface area contributed by atoms with Crippen molar-refractivity contribution < 1.29 is 22.8 Å². The number of hydrogen-bond donors (Lipinski definition) is 1. The fraction of sp³-hybridized carbons (Fsp3) is 0.235. The van der Waals surface area contributed by atoms with E-state index in [1.807, 2.05) is 0 Å². The van der Waals surface area contributed by atoms with Crippen LogP contribution < -0.4 is 5.32 Å². The molecule has 0 atom stereocenters. The second-order valence-electron chi connectivity index (χ2n) is 5.57. The summed E-state index contributed by atoms with van der Waals surface area (Å²) >= 11 is 12.9. The Kier molecular flexibility index (Phi) is 7.56. The molecule has 0 aliphatic heterocycles. The lowest BCUT2D eigenvalue weighted by Gasteiger charge is -2.17. The van der Waals surface area contributed by atoms with Gasteiger partial charge in [0.1, 0.15) is 0 Å². The number of nitrogens with one attached hydrogen (secondary N) is 1. The summed E-state index contributed by atoms with van der Waals surface area (Å²) in [6.07, 6.45) is -3.76. The molecule has 5 nitrogen and oxygen atoms in total. The van der Waals surface area contributed by atoms with Crippen molar-refractivity contribution in [3.8, 4) is 0 Å². The lowest BCUT2D eigenvalue weighted by molar-refractivity contribution is -0.137. The van der Waals surface area contributed by atoms with Crippen molar-refractivity contribution in [3.05, 3.63) is 52.1 Å². The van der Waals surface area contributed by atoms with Crippen LogP contribution in [0.1, 0.15) is 5.56 Å². The summed E-state index contributed by atoms with van der Waals surface area (Å²) in [6.45, 7) is -0.249. The van der Waals surface area contributed by atoms with E-state index in [4.69, 9.17) is 23.2 Å². The van der Waals surface area contributed by atoms with Gasteiger partial charge in [-0.2, -0.15) is 13.2 Å². The van der Waals surface area contributed by atoms with E-state index in [0.29, 0.717) is 6.20 Å². The minimum Gasteiger partial charge on any atom is -0.336 e. The summed E-state index contributed by atoms with van der Waals surface area (Å²) in [5.74, 6) is -0.981. The van der Waals surface area contributed by atoms with Crippen LogP contribution in [0.3, 0.4) is 0 Å². The Morgan fingerprint density at radius 2 is 1.82 bits per heavy atom. The van der Waals surface area contributed by atoms with Crippen LogP contribution in [0.25, 0.3) is 0 Å². The normalized spacial score (nSPS) is 11.2. The standard InChI is InChI=1S/C17H14Cl2F3N3O2S/c1-25(8-13(26)24-16-11(18)3-2-4-12(16)19)15(27)9-28-14-6-5-10(7-23-14)17(20,21)22/h2-7H,8-9H2,1H3,(H,24,26). The number of benzene rings is 1. The zero-order chi connectivity index (χ0) is 20.9. The summed E-state index contributed by atoms with van der Waals surface area (Å²) in [4.78, 5) is 29.1. The second-order valence-corrected chi connectivity index (χ2v) is 7.38. The summed E-state index contributed by atoms with van der Waals surface area (Å²) < 4.78 is 37.5. The molecule has 0 fully saturated rings. The highest BCUT2D eigenvalue weighted by Crippen LogP contribution is 2.30. The molecule has 0 saturated carbocycles. The van der Waals surface area contributed by atoms with Gasteiger partial charge in [0.25, 0.3) is 0 Å². The van der Waals surface area contributed by atoms with Gasteiger partial charge in [0.15, 0.2) is 0 Å². The maximum atomic E-state index is 12.5. The van der Waals surface area contributed by atoms with Crippen LogP contribution in [-0.2, 0) is 15.8 Å². The quantitative estimate of drug-likeness (QED) is 0.652. The molecule has 11 heteroatoms. The van der Waals surface area contributed by atoms with Gasteiger partial charge < -0.3 is 10.2 Å². The summed E-state index contributed by atoms with van der Waals surface area (Å²) in [5.41, 5.74) is -0.616. The van der Waals surface area contributed by atoms with E-state index < -0.39 is 23.6 Å². The van der Waals surface area contributed by atoms with Gasteiger partial charge in [-0.3, -0.25) is 9.59 Å². The number of amides is 2. The first-order valence-electron chi connectivity index (χ1n) is 7.72. The van der Waals surface area contributed by atoms with E-state index in [-0.39, 0.29) is 33.1 Å². The predicted octanol–water partition coefficient (Wildman–Crippen LogP) is 4.60. The lowest BCUT2D eigenvalue weighted by atomic mass is 10.3. The molecule has 0 aliphatic rings. The number of alkyl halides is 3. The van der Waals surface area contributed by atoms with Crippen LogP contribution in [0.2, 0.25) is 10.0 Å². The minimum absolute atomic E-state index is 0.0883. The SMILES string of the molecule is CN(CC(=O)Nc1c(Cl)cccc1Cl)C(=O)CSc1ccc(C(F)(F)F)cn1. The molecule has 0 bridgehead atoms. The molecule has 0 spiro atoms. The van der Waals surface area contributed by atoms with Crippen molar-refractivity contribution in [2.24, 2.45) is 0 Å². The molecule has 0 saturated heterocycles. The zero-order valence-electron chi connectivity index (χ0n) is 14.4. The molecular weight excluding hydrogens is 438 g/mol. The maximum absolute atomic E-state index is 12.5. The molecule has 2 rings (SSSR count). The van der Waals surface area contributed by atoms with Gasteiger partial charge in [0.2, 0.25) is 11.8 Å². The van der Waals surface area contributed by atoms with Gasteiger partial charge in [0.05, 0.1) is 38.6 Å². The van der Waals surface area contributed by atoms with E-state index in [1.54, 1.807) is 18.2 Å². The third-order valence-electron chi connectivity index (χ3n) is 3.44. The molecule has 2 aromatic rings. The molecule has 0 radical (unpaired) electrons. The zero-order valence-corrected chi connectivity index (χ0v) is 16.7. The Morgan fingerprint density at radius 1 is 1.18 bits per heavy atom. The van der Waals surface area contributed by atoms with Crippen molar-refractivity contribution in [1.82, 2.24) is 9.88 Å². The first kappa shape index (κ1) is 22.3. The van der Waals surface area contributed by atoms with E-state index in [1.165, 1.54) is 18.0 Å². The number of aromatic nitrogens is 1. The first-order chi connectivity index (χ1) is 13.1. The van der Waals surface area contributed by atoms with Crippen molar-refractivity contribution in [1.29, 1.82) is 0 Å². The Balaban J connectivity index is 1.86. The molecule has 0 unspecified atom stereocenters. The molecule has 150 valence electrons. The molecule has 1 aromatic heterocycles. The predicted molar refractivity (Wildman–Crippen MR) is 103 cm³/mol. The number of nitrogens with zero attached hydrogens (tertiary/aromatic N) is 2. The van der Waals surface area contributed by atoms with Crippen molar-refractivity contribution >= 4 is 52.5 Å². The van der Waals surface area contributed by atoms with E-state index >= 15 is 0 Å². The molecule has 2 amide bonds. The number of para-hydroxylation sites is 1. The van der Waals surface area contributed by atoms with Crippen LogP contribution in [0.5, 0.6) is 0 Å². The minimum atomic E-state index is -4.47. The van der Waals surface area contributed by atoms with Gasteiger partial charge in [-0.05, 0) is 24.3 Å². The monoisotopic (exact) mass is 451 g/mol. The Morgan fingerprint density at radius 3 is 2.36 bits per heavy atom. The fourth-order valence-electron chi connectivity index (χ4n) is 1.98. The first-order valence-corrected chi connectivity index (χ1v) is 9.46. The van der Waals surface area contributed by atoms with Gasteiger partial charge >= 0.3 is 6.18 Å². The van der Waals surface area contributed by atoms with Gasteiger partial charge in [-0.15, -0.1) is 0 Å². The van der Waals surface area contributed by atoms with Crippen molar-refractivity contribution in [2.45, 2.75) is 11.2 Å². The molecular formula is C17H14Cl2F3N3O2S.